The average molecular weight is 387 g/mol. The van der Waals surface area contributed by atoms with E-state index < -0.39 is 0 Å². The summed E-state index contributed by atoms with van der Waals surface area (Å²) < 4.78 is 0. The molecule has 18 heavy (non-hydrogen) atoms. The Labute approximate surface area is 149 Å². The maximum absolute atomic E-state index is 6.94. The van der Waals surface area contributed by atoms with Crippen LogP contribution in [0.2, 0.25) is 0 Å². The van der Waals surface area contributed by atoms with E-state index in [1.165, 1.54) is 22.3 Å². The monoisotopic (exact) mass is 384 g/mol. The van der Waals surface area contributed by atoms with Crippen LogP contribution >= 0.6 is 0 Å². The molecular weight excluding hydrogens is 360 g/mol. The fraction of sp³-hybridized carbons (Fsp3) is 0.615. The maximum atomic E-state index is 6.94. The number of hydrogen-bond donors (Lipinski definition) is 0. The van der Waals surface area contributed by atoms with E-state index in [4.69, 9.17) is 5.73 Å². The Kier molecular flexibility index (Phi) is 22.7. The van der Waals surface area contributed by atoms with Crippen molar-refractivity contribution >= 4 is 11.0 Å². The van der Waals surface area contributed by atoms with E-state index >= 15 is 0 Å². The second-order valence-corrected chi connectivity index (χ2v) is 5.01. The molecule has 0 unspecified atom stereocenters. The number of hydrogen-bond acceptors (Lipinski definition) is 0. The van der Waals surface area contributed by atoms with E-state index in [1.54, 1.807) is 0 Å². The molecule has 1 radical (unpaired) electrons. The molecule has 5 heteroatoms. The van der Waals surface area contributed by atoms with Gasteiger partial charge in [-0.3, -0.25) is 0 Å². The van der Waals surface area contributed by atoms with Gasteiger partial charge in [0.2, 0.25) is 0 Å². The van der Waals surface area contributed by atoms with Crippen LogP contribution in [0.5, 0.6) is 0 Å². The molecule has 0 saturated heterocycles. The van der Waals surface area contributed by atoms with Crippen molar-refractivity contribution in [2.75, 3.05) is 0 Å². The molecule has 105 valence electrons. The Morgan fingerprint density at radius 3 is 1.39 bits per heavy atom. The van der Waals surface area contributed by atoms with Crippen LogP contribution in [0.25, 0.3) is 5.73 Å². The van der Waals surface area contributed by atoms with Gasteiger partial charge in [-0.05, 0) is 11.0 Å². The zero-order valence-electron chi connectivity index (χ0n) is 12.8. The first-order valence-corrected chi connectivity index (χ1v) is 5.08. The van der Waals surface area contributed by atoms with Crippen LogP contribution in [0.1, 0.15) is 43.0 Å². The van der Waals surface area contributed by atoms with Gasteiger partial charge < -0.3 is 30.5 Å². The van der Waals surface area contributed by atoms with Gasteiger partial charge in [0.15, 0.2) is 0 Å². The zero-order valence-corrected chi connectivity index (χ0v) is 18.8. The van der Waals surface area contributed by atoms with Crippen LogP contribution in [0, 0.1) is 27.7 Å². The Bertz CT molecular complexity index is 278. The second kappa shape index (κ2) is 13.0. The molecule has 1 rings (SSSR count). The molecule has 0 bridgehead atoms. The van der Waals surface area contributed by atoms with Crippen molar-refractivity contribution in [1.82, 2.24) is 0 Å². The minimum atomic E-state index is -0.250. The van der Waals surface area contributed by atoms with Crippen molar-refractivity contribution in [2.45, 2.75) is 54.0 Å². The summed E-state index contributed by atoms with van der Waals surface area (Å²) >= 11 is 0. The van der Waals surface area contributed by atoms with Crippen LogP contribution in [-0.2, 0) is 26.2 Å². The number of halogens is 2. The van der Waals surface area contributed by atoms with Crippen molar-refractivity contribution in [3.05, 3.63) is 34.1 Å². The van der Waals surface area contributed by atoms with E-state index in [1.807, 2.05) is 20.8 Å². The van der Waals surface area contributed by atoms with Crippen LogP contribution in [0.3, 0.4) is 0 Å². The van der Waals surface area contributed by atoms with E-state index in [0.717, 1.165) is 0 Å². The molecule has 0 aliphatic rings. The molecule has 0 amide bonds. The van der Waals surface area contributed by atoms with Crippen molar-refractivity contribution in [2.24, 2.45) is 0 Å². The molecule has 0 fully saturated rings. The van der Waals surface area contributed by atoms with Crippen molar-refractivity contribution < 1.29 is 51.0 Å². The minimum Gasteiger partial charge on any atom is -1.00 e. The molecule has 0 aliphatic heterocycles. The molecule has 1 aromatic rings. The Hall–Kier alpha value is 0.990. The first-order valence-electron chi connectivity index (χ1n) is 5.08. The molecule has 0 aliphatic carbocycles. The molecule has 0 saturated carbocycles. The fourth-order valence-electron chi connectivity index (χ4n) is 1.13. The third-order valence-electron chi connectivity index (χ3n) is 2.18. The number of aryl methyl sites for hydroxylation is 2. The SMILES string of the molecule is CC(C)(C)[NH-].Cc1c[c-](C)c(C)c1C.[Cl-].[Cl-].[SiH3].[Zr+4]. The topological polar surface area (TPSA) is 23.8 Å². The predicted octanol–water partition coefficient (Wildman–Crippen LogP) is -2.70. The van der Waals surface area contributed by atoms with Gasteiger partial charge in [-0.2, -0.15) is 28.3 Å². The summed E-state index contributed by atoms with van der Waals surface area (Å²) in [7, 11) is 0. The third kappa shape index (κ3) is 15.0. The zero-order chi connectivity index (χ0) is 11.5. The largest absolute Gasteiger partial charge is 4.00 e. The molecule has 0 spiro atoms. The predicted molar refractivity (Wildman–Crippen MR) is 75.0 cm³/mol. The van der Waals surface area contributed by atoms with Crippen LogP contribution < -0.4 is 24.8 Å². The molecule has 1 N–H and O–H groups in total. The van der Waals surface area contributed by atoms with Gasteiger partial charge in [0.1, 0.15) is 0 Å². The van der Waals surface area contributed by atoms with E-state index in [0.29, 0.717) is 0 Å². The van der Waals surface area contributed by atoms with E-state index in [-0.39, 0.29) is 67.5 Å². The first kappa shape index (κ1) is 31.4. The summed E-state index contributed by atoms with van der Waals surface area (Å²) in [4.78, 5) is 0. The summed E-state index contributed by atoms with van der Waals surface area (Å²) in [5.74, 6) is 0. The molecule has 0 heterocycles. The number of rotatable bonds is 0. The normalized spacial score (nSPS) is 8.44. The summed E-state index contributed by atoms with van der Waals surface area (Å²) in [6.07, 6.45) is 0. The van der Waals surface area contributed by atoms with E-state index in [9.17, 15) is 0 Å². The Morgan fingerprint density at radius 2 is 1.33 bits per heavy atom. The smallest absolute Gasteiger partial charge is 1.00 e. The Morgan fingerprint density at radius 1 is 1.06 bits per heavy atom. The molecule has 1 nitrogen and oxygen atoms in total. The molecule has 0 aromatic heterocycles. The van der Waals surface area contributed by atoms with Gasteiger partial charge >= 0.3 is 26.2 Å². The minimum absolute atomic E-state index is 0. The maximum Gasteiger partial charge on any atom is 4.00 e. The van der Waals surface area contributed by atoms with Crippen LogP contribution in [-0.4, -0.2) is 16.5 Å². The van der Waals surface area contributed by atoms with Crippen molar-refractivity contribution in [3.63, 3.8) is 0 Å². The third-order valence-corrected chi connectivity index (χ3v) is 2.18. The first-order chi connectivity index (χ1) is 6.13. The number of nitrogens with one attached hydrogen (secondary N) is 1. The fourth-order valence-corrected chi connectivity index (χ4v) is 1.13. The van der Waals surface area contributed by atoms with Crippen molar-refractivity contribution in [3.8, 4) is 0 Å². The van der Waals surface area contributed by atoms with Gasteiger partial charge in [0.25, 0.3) is 0 Å². The molecule has 1 aromatic carbocycles. The molecule has 0 atom stereocenters. The van der Waals surface area contributed by atoms with Gasteiger partial charge in [-0.15, -0.1) is 5.54 Å². The summed E-state index contributed by atoms with van der Waals surface area (Å²) in [6.45, 7) is 14.2. The standard InChI is InChI=1S/C9H13.C4H10N.2ClH.H3Si.Zr/c1-6-5-7(2)9(4)8(6)3;1-4(2,3)5;;;;/h5H,1-4H3;5H,1-3H3;2*1H;1H3;/q2*-1;;;;+4/p-2. The average Bonchev–Trinajstić information content (AvgIpc) is 2.14. The Balaban J connectivity index is -0.0000000567. The van der Waals surface area contributed by atoms with Gasteiger partial charge in [-0.25, -0.2) is 0 Å². The van der Waals surface area contributed by atoms with Crippen molar-refractivity contribution in [1.29, 1.82) is 0 Å². The van der Waals surface area contributed by atoms with Gasteiger partial charge in [0.05, 0.1) is 0 Å². The van der Waals surface area contributed by atoms with Crippen LogP contribution in [0.4, 0.5) is 0 Å². The van der Waals surface area contributed by atoms with Crippen LogP contribution in [0.15, 0.2) is 6.07 Å². The van der Waals surface area contributed by atoms with Gasteiger partial charge in [0, 0.05) is 0 Å². The van der Waals surface area contributed by atoms with E-state index in [2.05, 4.69) is 33.8 Å². The molecular formula is C13H26Cl2NSiZr. The second-order valence-electron chi connectivity index (χ2n) is 5.01. The quantitative estimate of drug-likeness (QED) is 0.342. The summed E-state index contributed by atoms with van der Waals surface area (Å²) in [6, 6.07) is 2.24. The van der Waals surface area contributed by atoms with Gasteiger partial charge in [-0.1, -0.05) is 48.5 Å². The summed E-state index contributed by atoms with van der Waals surface area (Å²) in [5.41, 5.74) is 12.4. The summed E-state index contributed by atoms with van der Waals surface area (Å²) in [5, 5.41) is 0.